The molecule has 0 bridgehead atoms. The second-order valence-electron chi connectivity index (χ2n) is 14.5. The number of rotatable bonds is 6. The molecule has 0 spiro atoms. The SMILES string of the molecule is Bc1c(O)c(O)c(-c2c(C=C)c(C=C)c(-c3ccc(-c4cccc5oc6cc7c(cc6c45)CC=CC=C7)cc3)c3ccccc23)c(O)c1-c1c(O)c(O)c(O)c(O)c1O. The maximum atomic E-state index is 12.1. The lowest BCUT2D eigenvalue weighted by atomic mass is 9.78. The molecule has 59 heavy (non-hydrogen) atoms. The van der Waals surface area contributed by atoms with Crippen LogP contribution >= 0.6 is 0 Å². The fourth-order valence-corrected chi connectivity index (χ4v) is 8.53. The van der Waals surface area contributed by atoms with Gasteiger partial charge in [0, 0.05) is 21.9 Å². The fraction of sp³-hybridized carbons (Fsp3) is 0.0204. The minimum absolute atomic E-state index is 0.216. The van der Waals surface area contributed by atoms with Gasteiger partial charge in [0.2, 0.25) is 17.2 Å². The molecular formula is C49H35BO9. The van der Waals surface area contributed by atoms with Crippen molar-refractivity contribution in [3.8, 4) is 90.5 Å². The minimum atomic E-state index is -1.19. The molecule has 0 saturated carbocycles. The summed E-state index contributed by atoms with van der Waals surface area (Å²) in [5, 5.41) is 90.8. The summed E-state index contributed by atoms with van der Waals surface area (Å²) in [5.41, 5.74) is 7.11. The van der Waals surface area contributed by atoms with Crippen LogP contribution in [0.1, 0.15) is 22.3 Å². The van der Waals surface area contributed by atoms with Crippen molar-refractivity contribution in [2.24, 2.45) is 0 Å². The van der Waals surface area contributed by atoms with Crippen LogP contribution in [-0.4, -0.2) is 48.7 Å². The first kappa shape index (κ1) is 36.7. The van der Waals surface area contributed by atoms with Gasteiger partial charge in [-0.25, -0.2) is 0 Å². The van der Waals surface area contributed by atoms with Crippen molar-refractivity contribution in [2.45, 2.75) is 6.42 Å². The van der Waals surface area contributed by atoms with E-state index >= 15 is 0 Å². The molecule has 0 aliphatic heterocycles. The van der Waals surface area contributed by atoms with Gasteiger partial charge in [-0.3, -0.25) is 0 Å². The lowest BCUT2D eigenvalue weighted by molar-refractivity contribution is 0.329. The molecule has 1 aliphatic rings. The van der Waals surface area contributed by atoms with E-state index < -0.39 is 57.1 Å². The van der Waals surface area contributed by atoms with Gasteiger partial charge in [-0.05, 0) is 85.4 Å². The van der Waals surface area contributed by atoms with Crippen LogP contribution in [0.3, 0.4) is 0 Å². The maximum absolute atomic E-state index is 12.1. The van der Waals surface area contributed by atoms with Gasteiger partial charge in [0.15, 0.2) is 23.0 Å². The Kier molecular flexibility index (Phi) is 8.45. The minimum Gasteiger partial charge on any atom is -0.507 e. The van der Waals surface area contributed by atoms with Gasteiger partial charge in [0.25, 0.3) is 0 Å². The van der Waals surface area contributed by atoms with Crippen molar-refractivity contribution < 1.29 is 45.3 Å². The monoisotopic (exact) mass is 778 g/mol. The molecule has 8 aromatic rings. The van der Waals surface area contributed by atoms with Crippen molar-refractivity contribution >= 4 is 64.2 Å². The van der Waals surface area contributed by atoms with Gasteiger partial charge in [0.05, 0.1) is 11.1 Å². The summed E-state index contributed by atoms with van der Waals surface area (Å²) in [7, 11) is 1.29. The Labute approximate surface area is 338 Å². The van der Waals surface area contributed by atoms with Gasteiger partial charge in [-0.15, -0.1) is 0 Å². The Balaban J connectivity index is 1.25. The summed E-state index contributed by atoms with van der Waals surface area (Å²) in [6, 6.07) is 25.7. The number of fused-ring (bicyclic) bond motifs is 5. The summed E-state index contributed by atoms with van der Waals surface area (Å²) >= 11 is 0. The van der Waals surface area contributed by atoms with Gasteiger partial charge in [0.1, 0.15) is 24.8 Å². The number of phenolic OH excluding ortho intramolecular Hbond substituents is 8. The van der Waals surface area contributed by atoms with Crippen molar-refractivity contribution in [1.29, 1.82) is 0 Å². The lowest BCUT2D eigenvalue weighted by Crippen LogP contribution is -2.10. The van der Waals surface area contributed by atoms with E-state index in [4.69, 9.17) is 4.42 Å². The molecule has 1 heterocycles. The summed E-state index contributed by atoms with van der Waals surface area (Å²) < 4.78 is 6.37. The summed E-state index contributed by atoms with van der Waals surface area (Å²) in [6.45, 7) is 8.21. The Morgan fingerprint density at radius 2 is 1.12 bits per heavy atom. The Bertz CT molecular complexity index is 3180. The van der Waals surface area contributed by atoms with E-state index in [9.17, 15) is 40.9 Å². The Hall–Kier alpha value is -7.98. The van der Waals surface area contributed by atoms with Gasteiger partial charge in [-0.1, -0.05) is 110 Å². The summed E-state index contributed by atoms with van der Waals surface area (Å²) in [4.78, 5) is 0. The highest BCUT2D eigenvalue weighted by Gasteiger charge is 2.33. The highest BCUT2D eigenvalue weighted by atomic mass is 16.4. The third-order valence-corrected chi connectivity index (χ3v) is 11.3. The number of hydrogen-bond donors (Lipinski definition) is 8. The first-order valence-corrected chi connectivity index (χ1v) is 18.7. The van der Waals surface area contributed by atoms with Crippen molar-refractivity contribution in [3.63, 3.8) is 0 Å². The molecule has 0 fully saturated rings. The van der Waals surface area contributed by atoms with E-state index in [1.54, 1.807) is 18.2 Å². The van der Waals surface area contributed by atoms with Crippen molar-refractivity contribution in [2.75, 3.05) is 0 Å². The summed E-state index contributed by atoms with van der Waals surface area (Å²) in [6.07, 6.45) is 12.3. The van der Waals surface area contributed by atoms with Crippen LogP contribution in [0.4, 0.5) is 0 Å². The third kappa shape index (κ3) is 5.34. The quantitative estimate of drug-likeness (QED) is 0.0464. The average molecular weight is 779 g/mol. The molecule has 0 unspecified atom stereocenters. The zero-order chi connectivity index (χ0) is 41.4. The lowest BCUT2D eigenvalue weighted by Gasteiger charge is -2.24. The Morgan fingerprint density at radius 1 is 0.525 bits per heavy atom. The molecule has 8 N–H and O–H groups in total. The predicted octanol–water partition coefficient (Wildman–Crippen LogP) is 9.72. The molecule has 10 heteroatoms. The van der Waals surface area contributed by atoms with E-state index in [0.29, 0.717) is 21.9 Å². The molecule has 0 amide bonds. The van der Waals surface area contributed by atoms with E-state index in [1.165, 1.54) is 19.5 Å². The first-order valence-electron chi connectivity index (χ1n) is 18.7. The standard InChI is InChI=1S/C49H35BO9/c1-3-27-28(4-2)37(39-42(51)38(41(50)46(55)43(39)52)40-44(53)47(56)49(58)48(57)45(40)54)31-14-9-8-13-30(31)35(27)24-19-17-23(18-20-24)29-15-10-16-33-36(29)32-21-25-11-6-5-7-12-26(25)22-34(32)59-33/h3-10,12-22,51-58H,1-2,11,50H2. The fourth-order valence-electron chi connectivity index (χ4n) is 8.53. The zero-order valence-electron chi connectivity index (χ0n) is 31.6. The molecule has 1 aromatic heterocycles. The largest absolute Gasteiger partial charge is 0.507 e. The zero-order valence-corrected chi connectivity index (χ0v) is 31.6. The van der Waals surface area contributed by atoms with Crippen LogP contribution in [-0.2, 0) is 6.42 Å². The second kappa shape index (κ2) is 13.6. The molecule has 9 nitrogen and oxygen atoms in total. The number of benzene rings is 7. The molecule has 7 aromatic carbocycles. The molecular weight excluding hydrogens is 743 g/mol. The van der Waals surface area contributed by atoms with E-state index in [0.717, 1.165) is 56.2 Å². The van der Waals surface area contributed by atoms with Crippen LogP contribution in [0.15, 0.2) is 115 Å². The smallest absolute Gasteiger partial charge is 0.208 e. The molecule has 0 saturated heterocycles. The average Bonchev–Trinajstić information content (AvgIpc) is 3.46. The number of allylic oxidation sites excluding steroid dienone is 3. The molecule has 9 rings (SSSR count). The van der Waals surface area contributed by atoms with Gasteiger partial charge in [-0.2, -0.15) is 0 Å². The number of aromatic hydroxyl groups is 8. The van der Waals surface area contributed by atoms with Crippen molar-refractivity contribution in [1.82, 2.24) is 0 Å². The van der Waals surface area contributed by atoms with E-state index in [-0.39, 0.29) is 16.6 Å². The first-order chi connectivity index (χ1) is 28.5. The topological polar surface area (TPSA) is 175 Å². The van der Waals surface area contributed by atoms with Crippen LogP contribution in [0.5, 0.6) is 46.0 Å². The number of phenols is 8. The van der Waals surface area contributed by atoms with E-state index in [2.05, 4.69) is 49.6 Å². The van der Waals surface area contributed by atoms with Crippen LogP contribution in [0.2, 0.25) is 0 Å². The summed E-state index contributed by atoms with van der Waals surface area (Å²) in [5.74, 6) is -7.89. The van der Waals surface area contributed by atoms with E-state index in [1.807, 2.05) is 54.6 Å². The maximum Gasteiger partial charge on any atom is 0.208 e. The number of furan rings is 1. The molecule has 0 atom stereocenters. The molecule has 1 aliphatic carbocycles. The predicted molar refractivity (Wildman–Crippen MR) is 237 cm³/mol. The highest BCUT2D eigenvalue weighted by Crippen LogP contribution is 2.59. The Morgan fingerprint density at radius 3 is 1.80 bits per heavy atom. The third-order valence-electron chi connectivity index (χ3n) is 11.3. The van der Waals surface area contributed by atoms with Crippen molar-refractivity contribution in [3.05, 3.63) is 133 Å². The molecule has 0 radical (unpaired) electrons. The van der Waals surface area contributed by atoms with Gasteiger partial charge < -0.3 is 45.3 Å². The highest BCUT2D eigenvalue weighted by molar-refractivity contribution is 6.40. The number of hydrogen-bond acceptors (Lipinski definition) is 9. The van der Waals surface area contributed by atoms with Crippen LogP contribution in [0.25, 0.3) is 95.4 Å². The van der Waals surface area contributed by atoms with Crippen LogP contribution in [0, 0.1) is 0 Å². The molecule has 288 valence electrons. The van der Waals surface area contributed by atoms with Crippen LogP contribution < -0.4 is 5.46 Å². The second-order valence-corrected chi connectivity index (χ2v) is 14.5. The normalized spacial score (nSPS) is 12.3. The van der Waals surface area contributed by atoms with Gasteiger partial charge >= 0.3 is 0 Å².